The molecule has 0 radical (unpaired) electrons. The zero-order valence-electron chi connectivity index (χ0n) is 18.4. The maximum absolute atomic E-state index is 5.46. The molecule has 5 aromatic rings. The van der Waals surface area contributed by atoms with E-state index in [2.05, 4.69) is 89.5 Å². The van der Waals surface area contributed by atoms with Gasteiger partial charge in [0.15, 0.2) is 0 Å². The molecule has 0 saturated carbocycles. The number of benzene rings is 4. The number of ether oxygens (including phenoxy) is 1. The molecule has 1 unspecified atom stereocenters. The van der Waals surface area contributed by atoms with E-state index in [0.717, 1.165) is 22.3 Å². The standard InChI is InChI=1S/C27H23N3OSSe/c1-20-12-18-23(19-13-20)32-27(33-24-8-4-3-5-9-24,21-14-16-22(31-2)17-15-21)30-26-11-7-6-10-25(26)28-29-30/h3-19H,1-2H3. The first-order chi connectivity index (χ1) is 16.2. The zero-order chi connectivity index (χ0) is 22.7. The van der Waals surface area contributed by atoms with Crippen LogP contribution in [0.2, 0.25) is 0 Å². The Morgan fingerprint density at radius 3 is 2.24 bits per heavy atom. The van der Waals surface area contributed by atoms with E-state index in [9.17, 15) is 0 Å². The Bertz CT molecular complexity index is 1350. The van der Waals surface area contributed by atoms with Crippen LogP contribution in [0.4, 0.5) is 0 Å². The van der Waals surface area contributed by atoms with Crippen LogP contribution in [-0.2, 0) is 3.77 Å². The van der Waals surface area contributed by atoms with Gasteiger partial charge in [-0.2, -0.15) is 0 Å². The van der Waals surface area contributed by atoms with Gasteiger partial charge in [-0.25, -0.2) is 0 Å². The average Bonchev–Trinajstić information content (AvgIpc) is 3.30. The minimum atomic E-state index is -0.494. The Kier molecular flexibility index (Phi) is 6.23. The topological polar surface area (TPSA) is 39.9 Å². The van der Waals surface area contributed by atoms with Gasteiger partial charge in [-0.1, -0.05) is 0 Å². The molecule has 0 aliphatic rings. The van der Waals surface area contributed by atoms with Gasteiger partial charge in [0, 0.05) is 0 Å². The molecular weight excluding hydrogens is 493 g/mol. The van der Waals surface area contributed by atoms with Crippen LogP contribution in [0.3, 0.4) is 0 Å². The fourth-order valence-electron chi connectivity index (χ4n) is 3.65. The minimum absolute atomic E-state index is 0.0190. The van der Waals surface area contributed by atoms with E-state index in [1.807, 2.05) is 42.1 Å². The molecule has 4 aromatic carbocycles. The number of thioether (sulfide) groups is 1. The van der Waals surface area contributed by atoms with Crippen molar-refractivity contribution in [2.45, 2.75) is 15.6 Å². The Hall–Kier alpha value is -3.05. The summed E-state index contributed by atoms with van der Waals surface area (Å²) in [5.41, 5.74) is 4.32. The third-order valence-electron chi connectivity index (χ3n) is 5.36. The van der Waals surface area contributed by atoms with Crippen molar-refractivity contribution in [1.82, 2.24) is 15.0 Å². The average molecular weight is 517 g/mol. The first-order valence-electron chi connectivity index (χ1n) is 10.6. The molecule has 4 nitrogen and oxygen atoms in total. The Labute approximate surface area is 204 Å². The third-order valence-corrected chi connectivity index (χ3v) is 10.0. The van der Waals surface area contributed by atoms with Crippen molar-refractivity contribution >= 4 is 42.2 Å². The van der Waals surface area contributed by atoms with E-state index < -0.39 is 3.77 Å². The Balaban J connectivity index is 1.76. The van der Waals surface area contributed by atoms with Crippen LogP contribution in [0.1, 0.15) is 11.1 Å². The first-order valence-corrected chi connectivity index (χ1v) is 13.2. The van der Waals surface area contributed by atoms with Gasteiger partial charge in [0.25, 0.3) is 0 Å². The summed E-state index contributed by atoms with van der Waals surface area (Å²) in [5, 5.41) is 9.25. The van der Waals surface area contributed by atoms with Crippen molar-refractivity contribution in [3.05, 3.63) is 114 Å². The summed E-state index contributed by atoms with van der Waals surface area (Å²) in [6.07, 6.45) is 0. The number of fused-ring (bicyclic) bond motifs is 1. The molecule has 0 aliphatic carbocycles. The maximum atomic E-state index is 5.46. The van der Waals surface area contributed by atoms with E-state index in [1.54, 1.807) is 7.11 Å². The summed E-state index contributed by atoms with van der Waals surface area (Å²) in [6, 6.07) is 35.9. The van der Waals surface area contributed by atoms with Crippen LogP contribution in [0.25, 0.3) is 11.0 Å². The van der Waals surface area contributed by atoms with Gasteiger partial charge >= 0.3 is 205 Å². The molecule has 0 amide bonds. The molecule has 0 bridgehead atoms. The summed E-state index contributed by atoms with van der Waals surface area (Å²) >= 11 is 1.81. The molecule has 5 rings (SSSR count). The normalized spacial score (nSPS) is 13.0. The summed E-state index contributed by atoms with van der Waals surface area (Å²) in [5.74, 6) is 0.837. The van der Waals surface area contributed by atoms with Crippen LogP contribution < -0.4 is 9.20 Å². The van der Waals surface area contributed by atoms with Crippen molar-refractivity contribution in [1.29, 1.82) is 0 Å². The van der Waals surface area contributed by atoms with Crippen LogP contribution in [-0.4, -0.2) is 37.1 Å². The van der Waals surface area contributed by atoms with E-state index in [0.29, 0.717) is 0 Å². The van der Waals surface area contributed by atoms with E-state index >= 15 is 0 Å². The summed E-state index contributed by atoms with van der Waals surface area (Å²) < 4.78 is 8.37. The van der Waals surface area contributed by atoms with Gasteiger partial charge < -0.3 is 0 Å². The second-order valence-corrected chi connectivity index (χ2v) is 12.1. The Morgan fingerprint density at radius 2 is 1.52 bits per heavy atom. The van der Waals surface area contributed by atoms with Gasteiger partial charge in [-0.3, -0.25) is 0 Å². The van der Waals surface area contributed by atoms with Crippen LogP contribution >= 0.6 is 11.8 Å². The SMILES string of the molecule is COc1ccc(C(Sc2ccc(C)cc2)([Se]c2ccccc2)n2nnc3ccccc32)cc1. The summed E-state index contributed by atoms with van der Waals surface area (Å²) in [6.45, 7) is 2.12. The number of aryl methyl sites for hydroxylation is 1. The number of para-hydroxylation sites is 1. The van der Waals surface area contributed by atoms with Gasteiger partial charge in [0.1, 0.15) is 0 Å². The quantitative estimate of drug-likeness (QED) is 0.220. The number of aromatic nitrogens is 3. The third kappa shape index (κ3) is 4.42. The molecule has 1 heterocycles. The van der Waals surface area contributed by atoms with Crippen molar-refractivity contribution < 1.29 is 4.74 Å². The van der Waals surface area contributed by atoms with Crippen molar-refractivity contribution in [3.8, 4) is 5.75 Å². The molecule has 0 spiro atoms. The molecule has 0 saturated heterocycles. The number of hydrogen-bond acceptors (Lipinski definition) is 4. The molecule has 0 N–H and O–H groups in total. The van der Waals surface area contributed by atoms with Crippen LogP contribution in [0, 0.1) is 6.92 Å². The molecule has 1 atom stereocenters. The van der Waals surface area contributed by atoms with Crippen molar-refractivity contribution in [3.63, 3.8) is 0 Å². The van der Waals surface area contributed by atoms with Crippen molar-refractivity contribution in [2.75, 3.05) is 7.11 Å². The van der Waals surface area contributed by atoms with Crippen molar-refractivity contribution in [2.24, 2.45) is 0 Å². The molecule has 6 heteroatoms. The molecular formula is C27H23N3OSSe. The fourth-order valence-corrected chi connectivity index (χ4v) is 8.41. The molecule has 164 valence electrons. The second kappa shape index (κ2) is 9.44. The van der Waals surface area contributed by atoms with Gasteiger partial charge in [-0.05, 0) is 0 Å². The van der Waals surface area contributed by atoms with E-state index in [-0.39, 0.29) is 15.0 Å². The molecule has 0 fully saturated rings. The summed E-state index contributed by atoms with van der Waals surface area (Å²) in [4.78, 5) is 1.19. The Morgan fingerprint density at radius 1 is 0.818 bits per heavy atom. The van der Waals surface area contributed by atoms with E-state index in [4.69, 9.17) is 9.95 Å². The van der Waals surface area contributed by atoms with Crippen LogP contribution in [0.5, 0.6) is 5.75 Å². The molecule has 0 aliphatic heterocycles. The fraction of sp³-hybridized carbons (Fsp3) is 0.111. The number of hydrogen-bond donors (Lipinski definition) is 0. The monoisotopic (exact) mass is 517 g/mol. The van der Waals surface area contributed by atoms with Crippen LogP contribution in [0.15, 0.2) is 108 Å². The number of nitrogens with zero attached hydrogens (tertiary/aromatic N) is 3. The van der Waals surface area contributed by atoms with Gasteiger partial charge in [-0.15, -0.1) is 0 Å². The predicted octanol–water partition coefficient (Wildman–Crippen LogP) is 5.23. The predicted molar refractivity (Wildman–Crippen MR) is 136 cm³/mol. The zero-order valence-corrected chi connectivity index (χ0v) is 20.9. The van der Waals surface area contributed by atoms with E-state index in [1.165, 1.54) is 14.9 Å². The number of rotatable bonds is 7. The first kappa shape index (κ1) is 21.8. The summed E-state index contributed by atoms with van der Waals surface area (Å²) in [7, 11) is 1.70. The number of methoxy groups -OCH3 is 1. The molecule has 33 heavy (non-hydrogen) atoms. The van der Waals surface area contributed by atoms with Gasteiger partial charge in [0.05, 0.1) is 0 Å². The second-order valence-electron chi connectivity index (χ2n) is 7.63. The molecule has 1 aromatic heterocycles. The van der Waals surface area contributed by atoms with Gasteiger partial charge in [0.2, 0.25) is 0 Å².